The normalized spacial score (nSPS) is 20.1. The minimum atomic E-state index is -5.05. The van der Waals surface area contributed by atoms with E-state index in [9.17, 15) is 35.9 Å². The van der Waals surface area contributed by atoms with Crippen LogP contribution >= 0.6 is 11.6 Å². The number of pyridine rings is 1. The molecule has 2 aromatic heterocycles. The number of halogens is 7. The molecule has 16 heteroatoms. The number of hydrogen-bond acceptors (Lipinski definition) is 7. The second-order valence-electron chi connectivity index (χ2n) is 7.74. The zero-order chi connectivity index (χ0) is 26.7. The van der Waals surface area contributed by atoms with Crippen molar-refractivity contribution in [1.29, 1.82) is 0 Å². The van der Waals surface area contributed by atoms with Gasteiger partial charge in [-0.25, -0.2) is 19.3 Å². The number of rotatable bonds is 9. The molecule has 2 aromatic rings. The van der Waals surface area contributed by atoms with E-state index in [-0.39, 0.29) is 24.1 Å². The molecule has 1 saturated carbocycles. The fraction of sp³-hybridized carbons (Fsp3) is 0.450. The summed E-state index contributed by atoms with van der Waals surface area (Å²) < 4.78 is 84.4. The second kappa shape index (κ2) is 10.8. The van der Waals surface area contributed by atoms with E-state index in [4.69, 9.17) is 11.6 Å². The number of ether oxygens (including phenoxy) is 2. The van der Waals surface area contributed by atoms with E-state index in [1.807, 2.05) is 0 Å². The van der Waals surface area contributed by atoms with Crippen LogP contribution in [-0.4, -0.2) is 57.5 Å². The highest BCUT2D eigenvalue weighted by atomic mass is 35.5. The zero-order valence-electron chi connectivity index (χ0n) is 18.3. The molecule has 9 nitrogen and oxygen atoms in total. The number of carbonyl (C=O) groups excluding carboxylic acids is 2. The van der Waals surface area contributed by atoms with Crippen molar-refractivity contribution in [3.8, 4) is 5.88 Å². The molecule has 1 N–H and O–H groups in total. The van der Waals surface area contributed by atoms with E-state index in [0.29, 0.717) is 4.90 Å². The van der Waals surface area contributed by atoms with E-state index < -0.39 is 54.0 Å². The summed E-state index contributed by atoms with van der Waals surface area (Å²) in [4.78, 5) is 38.0. The van der Waals surface area contributed by atoms with E-state index in [1.165, 1.54) is 6.92 Å². The molecule has 1 fully saturated rings. The van der Waals surface area contributed by atoms with Crippen molar-refractivity contribution in [3.05, 3.63) is 42.6 Å². The summed E-state index contributed by atoms with van der Waals surface area (Å²) >= 11 is 5.40. The number of hydrogen-bond donors (Lipinski definition) is 1. The molecule has 196 valence electrons. The highest BCUT2D eigenvalue weighted by Crippen LogP contribution is 2.36. The molecule has 0 saturated heterocycles. The Labute approximate surface area is 204 Å². The van der Waals surface area contributed by atoms with E-state index in [2.05, 4.69) is 29.7 Å². The highest BCUT2D eigenvalue weighted by Gasteiger charge is 2.49. The number of anilines is 1. The van der Waals surface area contributed by atoms with Gasteiger partial charge in [-0.05, 0) is 25.8 Å². The van der Waals surface area contributed by atoms with Crippen LogP contribution in [0, 0.1) is 0 Å². The van der Waals surface area contributed by atoms with Gasteiger partial charge in [0.1, 0.15) is 6.33 Å². The van der Waals surface area contributed by atoms with E-state index >= 15 is 0 Å². The van der Waals surface area contributed by atoms with Crippen molar-refractivity contribution in [1.82, 2.24) is 20.3 Å². The standard InChI is InChI=1S/C20H18ClF6N5O4/c1-19(10-6-28-9-29-7-10,17(34)31-11-4-13(5-11)35-18(23)24)32(16(33)15(21)22)12-2-3-14(30-8-12)36-20(25,26)27/h2-3,6-9,11,13,15,18H,4-5H2,1H3,(H,31,34)/t11?,13?,15-,19-/m0/s1. The molecule has 0 bridgehead atoms. The predicted molar refractivity (Wildman–Crippen MR) is 111 cm³/mol. The molecule has 2 amide bonds. The Morgan fingerprint density at radius 1 is 1.14 bits per heavy atom. The van der Waals surface area contributed by atoms with Gasteiger partial charge in [-0.1, -0.05) is 11.6 Å². The van der Waals surface area contributed by atoms with Crippen LogP contribution < -0.4 is 15.0 Å². The van der Waals surface area contributed by atoms with Gasteiger partial charge in [0.05, 0.1) is 18.0 Å². The van der Waals surface area contributed by atoms with Crippen LogP contribution in [0.15, 0.2) is 37.1 Å². The first-order chi connectivity index (χ1) is 16.8. The van der Waals surface area contributed by atoms with Crippen molar-refractivity contribution >= 4 is 29.1 Å². The number of alkyl halides is 7. The molecule has 0 radical (unpaired) electrons. The zero-order valence-corrected chi connectivity index (χ0v) is 19.0. The fourth-order valence-corrected chi connectivity index (χ4v) is 3.66. The average molecular weight is 542 g/mol. The topological polar surface area (TPSA) is 107 Å². The third-order valence-electron chi connectivity index (χ3n) is 5.34. The highest BCUT2D eigenvalue weighted by molar-refractivity contribution is 6.32. The summed E-state index contributed by atoms with van der Waals surface area (Å²) in [5, 5.41) is 2.57. The Balaban J connectivity index is 1.99. The van der Waals surface area contributed by atoms with Crippen molar-refractivity contribution in [2.45, 2.75) is 56.1 Å². The maximum atomic E-state index is 14.1. The third kappa shape index (κ3) is 6.32. The summed E-state index contributed by atoms with van der Waals surface area (Å²) in [6.45, 7) is -1.79. The van der Waals surface area contributed by atoms with E-state index in [1.54, 1.807) is 0 Å². The first-order valence-corrected chi connectivity index (χ1v) is 10.6. The van der Waals surface area contributed by atoms with Gasteiger partial charge in [-0.3, -0.25) is 14.5 Å². The van der Waals surface area contributed by atoms with Gasteiger partial charge in [0.25, 0.3) is 17.4 Å². The minimum Gasteiger partial charge on any atom is -0.388 e. The lowest BCUT2D eigenvalue weighted by atomic mass is 9.85. The summed E-state index contributed by atoms with van der Waals surface area (Å²) in [6.07, 6.45) is -1.58. The number of carbonyl (C=O) groups is 2. The summed E-state index contributed by atoms with van der Waals surface area (Å²) in [5.74, 6) is -3.23. The maximum Gasteiger partial charge on any atom is 0.574 e. The Kier molecular flexibility index (Phi) is 8.23. The first kappa shape index (κ1) is 27.4. The smallest absolute Gasteiger partial charge is 0.388 e. The quantitative estimate of drug-likeness (QED) is 0.383. The van der Waals surface area contributed by atoms with Crippen molar-refractivity contribution in [2.75, 3.05) is 4.90 Å². The van der Waals surface area contributed by atoms with Gasteiger partial charge in [0, 0.05) is 30.1 Å². The second-order valence-corrected chi connectivity index (χ2v) is 8.12. The fourth-order valence-electron chi connectivity index (χ4n) is 3.57. The van der Waals surface area contributed by atoms with Crippen LogP contribution in [0.1, 0.15) is 25.3 Å². The average Bonchev–Trinajstić information content (AvgIpc) is 2.77. The Morgan fingerprint density at radius 2 is 1.78 bits per heavy atom. The lowest BCUT2D eigenvalue weighted by Crippen LogP contribution is -2.61. The first-order valence-electron chi connectivity index (χ1n) is 10.2. The monoisotopic (exact) mass is 541 g/mol. The number of aromatic nitrogens is 3. The predicted octanol–water partition coefficient (Wildman–Crippen LogP) is 3.44. The molecular formula is C20H18ClF6N5O4. The third-order valence-corrected chi connectivity index (χ3v) is 5.53. The van der Waals surface area contributed by atoms with Gasteiger partial charge < -0.3 is 14.8 Å². The van der Waals surface area contributed by atoms with Crippen LogP contribution in [-0.2, 0) is 19.9 Å². The van der Waals surface area contributed by atoms with Crippen LogP contribution in [0.4, 0.5) is 32.0 Å². The van der Waals surface area contributed by atoms with Crippen molar-refractivity contribution in [3.63, 3.8) is 0 Å². The van der Waals surface area contributed by atoms with Crippen LogP contribution in [0.25, 0.3) is 0 Å². The largest absolute Gasteiger partial charge is 0.574 e. The Hall–Kier alpha value is -3.20. The molecule has 1 aliphatic rings. The molecule has 0 spiro atoms. The molecule has 1 aliphatic carbocycles. The number of nitrogens with zero attached hydrogens (tertiary/aromatic N) is 4. The van der Waals surface area contributed by atoms with Gasteiger partial charge in [-0.2, -0.15) is 8.78 Å². The summed E-state index contributed by atoms with van der Waals surface area (Å²) in [5.41, 5.74) is -5.11. The molecule has 3 rings (SSSR count). The van der Waals surface area contributed by atoms with Gasteiger partial charge >= 0.3 is 13.0 Å². The SMILES string of the molecule is C[C@@](C(=O)NC1CC(OC(F)F)C1)(c1cncnc1)N(C(=O)[C@H](F)Cl)c1ccc(OC(F)(F)F)nc1. The van der Waals surface area contributed by atoms with Crippen molar-refractivity contribution in [2.24, 2.45) is 0 Å². The molecule has 36 heavy (non-hydrogen) atoms. The molecular weight excluding hydrogens is 524 g/mol. The van der Waals surface area contributed by atoms with E-state index in [0.717, 1.165) is 37.1 Å². The summed E-state index contributed by atoms with van der Waals surface area (Å²) in [6, 6.07) is 1.07. The van der Waals surface area contributed by atoms with Crippen molar-refractivity contribution < 1.29 is 45.4 Å². The van der Waals surface area contributed by atoms with Gasteiger partial charge in [-0.15, -0.1) is 13.2 Å². The molecule has 0 aliphatic heterocycles. The number of amides is 2. The molecule has 0 aromatic carbocycles. The molecule has 0 unspecified atom stereocenters. The van der Waals surface area contributed by atoms with Crippen LogP contribution in [0.3, 0.4) is 0 Å². The van der Waals surface area contributed by atoms with Gasteiger partial charge in [0.2, 0.25) is 5.88 Å². The van der Waals surface area contributed by atoms with Crippen LogP contribution in [0.5, 0.6) is 5.88 Å². The lowest BCUT2D eigenvalue weighted by molar-refractivity contribution is -0.276. The molecule has 2 heterocycles. The van der Waals surface area contributed by atoms with Crippen LogP contribution in [0.2, 0.25) is 0 Å². The number of nitrogens with one attached hydrogen (secondary N) is 1. The maximum absolute atomic E-state index is 14.1. The Morgan fingerprint density at radius 3 is 2.28 bits per heavy atom. The Bertz CT molecular complexity index is 1060. The lowest BCUT2D eigenvalue weighted by Gasteiger charge is -2.42. The minimum absolute atomic E-state index is 0.0245. The summed E-state index contributed by atoms with van der Waals surface area (Å²) in [7, 11) is 0. The van der Waals surface area contributed by atoms with Gasteiger partial charge in [0.15, 0.2) is 5.54 Å². The molecule has 2 atom stereocenters.